The van der Waals surface area contributed by atoms with Gasteiger partial charge >= 0.3 is 0 Å². The highest BCUT2D eigenvalue weighted by Crippen LogP contribution is 2.16. The van der Waals surface area contributed by atoms with Gasteiger partial charge in [0.1, 0.15) is 5.54 Å². The molecule has 1 fully saturated rings. The standard InChI is InChI=1S/C7H12N2O/c8-6-7(9)2-1-4-10-5-3-7/h1-5,9H2. The Labute approximate surface area is 60.8 Å². The molecule has 1 aliphatic heterocycles. The van der Waals surface area contributed by atoms with Crippen molar-refractivity contribution < 1.29 is 4.74 Å². The number of nitrogens with zero attached hydrogens (tertiary/aromatic N) is 1. The van der Waals surface area contributed by atoms with E-state index in [-0.39, 0.29) is 0 Å². The summed E-state index contributed by atoms with van der Waals surface area (Å²) in [5, 5.41) is 8.64. The molecule has 0 aromatic heterocycles. The van der Waals surface area contributed by atoms with Crippen LogP contribution in [0.3, 0.4) is 0 Å². The van der Waals surface area contributed by atoms with Gasteiger partial charge in [0, 0.05) is 19.6 Å². The Balaban J connectivity index is 2.51. The van der Waals surface area contributed by atoms with Crippen LogP contribution in [0, 0.1) is 11.3 Å². The summed E-state index contributed by atoms with van der Waals surface area (Å²) in [7, 11) is 0. The summed E-state index contributed by atoms with van der Waals surface area (Å²) >= 11 is 0. The van der Waals surface area contributed by atoms with Crippen LogP contribution in [0.1, 0.15) is 19.3 Å². The van der Waals surface area contributed by atoms with Crippen LogP contribution in [0.5, 0.6) is 0 Å². The second-order valence-corrected chi connectivity index (χ2v) is 2.73. The Morgan fingerprint density at radius 2 is 2.20 bits per heavy atom. The lowest BCUT2D eigenvalue weighted by Gasteiger charge is -2.16. The summed E-state index contributed by atoms with van der Waals surface area (Å²) in [5.74, 6) is 0. The van der Waals surface area contributed by atoms with Crippen LogP contribution < -0.4 is 5.73 Å². The molecule has 0 spiro atoms. The van der Waals surface area contributed by atoms with Crippen molar-refractivity contribution in [1.29, 1.82) is 5.26 Å². The molecule has 1 aliphatic rings. The minimum atomic E-state index is -0.615. The smallest absolute Gasteiger partial charge is 0.106 e. The second-order valence-electron chi connectivity index (χ2n) is 2.73. The van der Waals surface area contributed by atoms with Gasteiger partial charge in [-0.2, -0.15) is 5.26 Å². The molecule has 0 saturated carbocycles. The zero-order chi connectivity index (χ0) is 7.45. The quantitative estimate of drug-likeness (QED) is 0.530. The van der Waals surface area contributed by atoms with Gasteiger partial charge < -0.3 is 10.5 Å². The highest BCUT2D eigenvalue weighted by Gasteiger charge is 2.25. The molecule has 1 unspecified atom stereocenters. The Morgan fingerprint density at radius 3 is 2.90 bits per heavy atom. The maximum Gasteiger partial charge on any atom is 0.106 e. The van der Waals surface area contributed by atoms with Crippen molar-refractivity contribution in [3.8, 4) is 6.07 Å². The van der Waals surface area contributed by atoms with Crippen LogP contribution in [0.4, 0.5) is 0 Å². The second kappa shape index (κ2) is 3.00. The van der Waals surface area contributed by atoms with Crippen molar-refractivity contribution >= 4 is 0 Å². The molecule has 0 bridgehead atoms. The summed E-state index contributed by atoms with van der Waals surface area (Å²) in [6.45, 7) is 1.38. The first-order chi connectivity index (χ1) is 4.77. The predicted octanol–water partition coefficient (Wildman–Crippen LogP) is 0.408. The molecule has 1 heterocycles. The van der Waals surface area contributed by atoms with Crippen molar-refractivity contribution in [2.45, 2.75) is 24.8 Å². The van der Waals surface area contributed by atoms with Crippen LogP contribution in [0.2, 0.25) is 0 Å². The maximum atomic E-state index is 8.64. The monoisotopic (exact) mass is 140 g/mol. The Hall–Kier alpha value is -0.590. The van der Waals surface area contributed by atoms with Crippen molar-refractivity contribution in [2.75, 3.05) is 13.2 Å². The molecular formula is C7H12N2O. The largest absolute Gasteiger partial charge is 0.381 e. The Bertz CT molecular complexity index is 142. The van der Waals surface area contributed by atoms with Gasteiger partial charge in [0.05, 0.1) is 6.07 Å². The SMILES string of the molecule is N#CC1(N)CCCOCC1. The van der Waals surface area contributed by atoms with E-state index < -0.39 is 5.54 Å². The highest BCUT2D eigenvalue weighted by atomic mass is 16.5. The van der Waals surface area contributed by atoms with Gasteiger partial charge in [-0.25, -0.2) is 0 Å². The number of hydrogen-bond acceptors (Lipinski definition) is 3. The first kappa shape index (κ1) is 7.52. The summed E-state index contributed by atoms with van der Waals surface area (Å²) in [6, 6.07) is 2.12. The van der Waals surface area contributed by atoms with E-state index in [0.717, 1.165) is 19.4 Å². The van der Waals surface area contributed by atoms with E-state index in [9.17, 15) is 0 Å². The lowest BCUT2D eigenvalue weighted by molar-refractivity contribution is 0.142. The molecule has 1 atom stereocenters. The molecule has 0 aromatic rings. The molecule has 0 aliphatic carbocycles. The lowest BCUT2D eigenvalue weighted by Crippen LogP contribution is -2.38. The lowest BCUT2D eigenvalue weighted by atomic mass is 9.94. The molecular weight excluding hydrogens is 128 g/mol. The van der Waals surface area contributed by atoms with Gasteiger partial charge in [-0.1, -0.05) is 0 Å². The van der Waals surface area contributed by atoms with Crippen LogP contribution in [0.25, 0.3) is 0 Å². The molecule has 0 aromatic carbocycles. The number of ether oxygens (including phenoxy) is 1. The van der Waals surface area contributed by atoms with Crippen molar-refractivity contribution in [2.24, 2.45) is 5.73 Å². The normalized spacial score (nSPS) is 34.4. The van der Waals surface area contributed by atoms with E-state index >= 15 is 0 Å². The van der Waals surface area contributed by atoms with E-state index in [1.807, 2.05) is 0 Å². The zero-order valence-corrected chi connectivity index (χ0v) is 5.97. The van der Waals surface area contributed by atoms with Gasteiger partial charge in [-0.15, -0.1) is 0 Å². The van der Waals surface area contributed by atoms with Gasteiger partial charge in [0.2, 0.25) is 0 Å². The number of rotatable bonds is 0. The number of nitrogens with two attached hydrogens (primary N) is 1. The third kappa shape index (κ3) is 1.69. The molecule has 1 saturated heterocycles. The molecule has 56 valence electrons. The van der Waals surface area contributed by atoms with Gasteiger partial charge in [0.25, 0.3) is 0 Å². The number of hydrogen-bond donors (Lipinski definition) is 1. The minimum absolute atomic E-state index is 0.615. The molecule has 0 amide bonds. The predicted molar refractivity (Wildman–Crippen MR) is 37.2 cm³/mol. The van der Waals surface area contributed by atoms with E-state index in [2.05, 4.69) is 6.07 Å². The Kier molecular flexibility index (Phi) is 2.25. The average molecular weight is 140 g/mol. The van der Waals surface area contributed by atoms with Crippen molar-refractivity contribution in [3.05, 3.63) is 0 Å². The summed E-state index contributed by atoms with van der Waals surface area (Å²) in [5.41, 5.74) is 5.10. The summed E-state index contributed by atoms with van der Waals surface area (Å²) < 4.78 is 5.16. The zero-order valence-electron chi connectivity index (χ0n) is 5.97. The van der Waals surface area contributed by atoms with Gasteiger partial charge in [-0.3, -0.25) is 0 Å². The van der Waals surface area contributed by atoms with Crippen molar-refractivity contribution in [3.63, 3.8) is 0 Å². The fraction of sp³-hybridized carbons (Fsp3) is 0.857. The summed E-state index contributed by atoms with van der Waals surface area (Å²) in [4.78, 5) is 0. The van der Waals surface area contributed by atoms with Crippen molar-refractivity contribution in [1.82, 2.24) is 0 Å². The van der Waals surface area contributed by atoms with Gasteiger partial charge in [0.15, 0.2) is 0 Å². The van der Waals surface area contributed by atoms with E-state index in [1.165, 1.54) is 0 Å². The van der Waals surface area contributed by atoms with Crippen LogP contribution in [-0.4, -0.2) is 18.8 Å². The molecule has 1 rings (SSSR count). The van der Waals surface area contributed by atoms with Crippen LogP contribution in [0.15, 0.2) is 0 Å². The fourth-order valence-corrected chi connectivity index (χ4v) is 1.08. The first-order valence-electron chi connectivity index (χ1n) is 3.55. The molecule has 10 heavy (non-hydrogen) atoms. The average Bonchev–Trinajstić information content (AvgIpc) is 2.15. The molecule has 2 N–H and O–H groups in total. The minimum Gasteiger partial charge on any atom is -0.381 e. The fourth-order valence-electron chi connectivity index (χ4n) is 1.08. The van der Waals surface area contributed by atoms with E-state index in [0.29, 0.717) is 13.0 Å². The highest BCUT2D eigenvalue weighted by molar-refractivity contribution is 5.04. The molecule has 3 nitrogen and oxygen atoms in total. The molecule has 0 radical (unpaired) electrons. The van der Waals surface area contributed by atoms with Gasteiger partial charge in [-0.05, 0) is 12.8 Å². The van der Waals surface area contributed by atoms with Crippen LogP contribution in [-0.2, 0) is 4.74 Å². The summed E-state index contributed by atoms with van der Waals surface area (Å²) in [6.07, 6.45) is 2.34. The topological polar surface area (TPSA) is 59.0 Å². The first-order valence-corrected chi connectivity index (χ1v) is 3.55. The Morgan fingerprint density at radius 1 is 1.40 bits per heavy atom. The maximum absolute atomic E-state index is 8.64. The number of nitriles is 1. The van der Waals surface area contributed by atoms with E-state index in [4.69, 9.17) is 15.7 Å². The van der Waals surface area contributed by atoms with Crippen LogP contribution >= 0.6 is 0 Å². The third-order valence-electron chi connectivity index (χ3n) is 1.83. The molecule has 3 heteroatoms. The third-order valence-corrected chi connectivity index (χ3v) is 1.83. The van der Waals surface area contributed by atoms with E-state index in [1.54, 1.807) is 0 Å².